The normalized spacial score (nSPS) is 17.3. The van der Waals surface area contributed by atoms with Gasteiger partial charge in [0.15, 0.2) is 5.82 Å². The molecule has 1 saturated carbocycles. The van der Waals surface area contributed by atoms with Crippen LogP contribution in [0.5, 0.6) is 5.75 Å². The molecule has 0 aliphatic heterocycles. The van der Waals surface area contributed by atoms with E-state index in [0.29, 0.717) is 11.4 Å². The van der Waals surface area contributed by atoms with Gasteiger partial charge in [-0.25, -0.2) is 4.68 Å². The van der Waals surface area contributed by atoms with Crippen LogP contribution in [0.25, 0.3) is 11.4 Å². The first kappa shape index (κ1) is 12.9. The molecule has 20 heavy (non-hydrogen) atoms. The van der Waals surface area contributed by atoms with Gasteiger partial charge in [-0.05, 0) is 42.3 Å². The highest BCUT2D eigenvalue weighted by molar-refractivity contribution is 5.64. The predicted octanol–water partition coefficient (Wildman–Crippen LogP) is 2.22. The summed E-state index contributed by atoms with van der Waals surface area (Å²) >= 11 is 0. The summed E-state index contributed by atoms with van der Waals surface area (Å²) in [7, 11) is 1.62. The Hall–Kier alpha value is -2.11. The topological polar surface area (TPSA) is 78.8 Å². The summed E-state index contributed by atoms with van der Waals surface area (Å²) < 4.78 is 7.21. The van der Waals surface area contributed by atoms with Gasteiger partial charge in [0.2, 0.25) is 0 Å². The number of ether oxygens (including phenoxy) is 1. The molecular formula is C14H19N5O. The molecule has 1 aromatic carbocycles. The summed E-state index contributed by atoms with van der Waals surface area (Å²) in [5.74, 6) is 1.46. The molecule has 1 heterocycles. The second-order valence-electron chi connectivity index (χ2n) is 5.61. The Morgan fingerprint density at radius 2 is 2.00 bits per heavy atom. The number of nitrogens with zero attached hydrogens (tertiary/aromatic N) is 4. The Morgan fingerprint density at radius 3 is 2.70 bits per heavy atom. The Bertz CT molecular complexity index is 616. The first-order valence-corrected chi connectivity index (χ1v) is 6.86. The van der Waals surface area contributed by atoms with E-state index in [4.69, 9.17) is 10.5 Å². The number of rotatable bonds is 3. The van der Waals surface area contributed by atoms with E-state index in [9.17, 15) is 0 Å². The Labute approximate surface area is 117 Å². The summed E-state index contributed by atoms with van der Waals surface area (Å²) in [6.45, 7) is 2.21. The first-order chi connectivity index (χ1) is 9.62. The van der Waals surface area contributed by atoms with E-state index >= 15 is 0 Å². The molecule has 1 fully saturated rings. The minimum absolute atomic E-state index is 0.00330. The molecule has 6 nitrogen and oxygen atoms in total. The fourth-order valence-electron chi connectivity index (χ4n) is 2.95. The molecule has 0 radical (unpaired) electrons. The molecule has 2 N–H and O–H groups in total. The van der Waals surface area contributed by atoms with Gasteiger partial charge in [0, 0.05) is 17.3 Å². The van der Waals surface area contributed by atoms with Crippen molar-refractivity contribution in [2.75, 3.05) is 12.8 Å². The van der Waals surface area contributed by atoms with Crippen molar-refractivity contribution in [3.8, 4) is 17.1 Å². The van der Waals surface area contributed by atoms with Crippen LogP contribution >= 0.6 is 0 Å². The zero-order chi connectivity index (χ0) is 14.2. The second-order valence-corrected chi connectivity index (χ2v) is 5.61. The molecule has 6 heteroatoms. The number of nitrogen functional groups attached to an aromatic ring is 1. The lowest BCUT2D eigenvalue weighted by Crippen LogP contribution is -2.28. The highest BCUT2D eigenvalue weighted by Crippen LogP contribution is 2.38. The van der Waals surface area contributed by atoms with Crippen LogP contribution in [0.2, 0.25) is 0 Å². The standard InChI is InChI=1S/C14H19N5O/c1-14(5-3-4-6-14)19-13(16-17-18-19)10-7-11(15)9-12(8-10)20-2/h7-9H,3-6,15H2,1-2H3. The van der Waals surface area contributed by atoms with Crippen LogP contribution in [-0.4, -0.2) is 27.3 Å². The fraction of sp³-hybridized carbons (Fsp3) is 0.500. The van der Waals surface area contributed by atoms with Crippen molar-refractivity contribution in [3.63, 3.8) is 0 Å². The molecule has 1 aromatic heterocycles. The fourth-order valence-corrected chi connectivity index (χ4v) is 2.95. The number of benzene rings is 1. The maximum absolute atomic E-state index is 5.92. The van der Waals surface area contributed by atoms with Crippen LogP contribution in [0.15, 0.2) is 18.2 Å². The molecule has 0 saturated heterocycles. The van der Waals surface area contributed by atoms with Crippen molar-refractivity contribution < 1.29 is 4.74 Å². The van der Waals surface area contributed by atoms with E-state index in [1.54, 1.807) is 13.2 Å². The maximum Gasteiger partial charge on any atom is 0.182 e. The second kappa shape index (κ2) is 4.77. The summed E-state index contributed by atoms with van der Waals surface area (Å²) in [5, 5.41) is 12.2. The van der Waals surface area contributed by atoms with E-state index < -0.39 is 0 Å². The zero-order valence-electron chi connectivity index (χ0n) is 11.8. The number of tetrazole rings is 1. The summed E-state index contributed by atoms with van der Waals surface area (Å²) in [4.78, 5) is 0. The molecule has 0 unspecified atom stereocenters. The van der Waals surface area contributed by atoms with Gasteiger partial charge < -0.3 is 10.5 Å². The highest BCUT2D eigenvalue weighted by Gasteiger charge is 2.34. The van der Waals surface area contributed by atoms with E-state index in [0.717, 1.165) is 24.2 Å². The monoisotopic (exact) mass is 273 g/mol. The van der Waals surface area contributed by atoms with Crippen LogP contribution in [0.4, 0.5) is 5.69 Å². The average molecular weight is 273 g/mol. The number of nitrogens with two attached hydrogens (primary N) is 1. The smallest absolute Gasteiger partial charge is 0.182 e. The summed E-state index contributed by atoms with van der Waals surface area (Å²) in [5.41, 5.74) is 7.45. The number of aromatic nitrogens is 4. The van der Waals surface area contributed by atoms with Gasteiger partial charge in [-0.15, -0.1) is 5.10 Å². The van der Waals surface area contributed by atoms with E-state index in [-0.39, 0.29) is 5.54 Å². The van der Waals surface area contributed by atoms with Crippen LogP contribution in [0, 0.1) is 0 Å². The lowest BCUT2D eigenvalue weighted by molar-refractivity contribution is 0.292. The quantitative estimate of drug-likeness (QED) is 0.867. The van der Waals surface area contributed by atoms with E-state index in [2.05, 4.69) is 22.4 Å². The van der Waals surface area contributed by atoms with Gasteiger partial charge in [0.25, 0.3) is 0 Å². The summed E-state index contributed by atoms with van der Waals surface area (Å²) in [6, 6.07) is 5.58. The van der Waals surface area contributed by atoms with Crippen LogP contribution in [-0.2, 0) is 5.54 Å². The molecule has 0 spiro atoms. The third-order valence-electron chi connectivity index (χ3n) is 4.08. The summed E-state index contributed by atoms with van der Waals surface area (Å²) in [6.07, 6.45) is 4.64. The van der Waals surface area contributed by atoms with Gasteiger partial charge in [-0.3, -0.25) is 0 Å². The Balaban J connectivity index is 2.07. The molecule has 1 aliphatic rings. The lowest BCUT2D eigenvalue weighted by Gasteiger charge is -2.24. The van der Waals surface area contributed by atoms with Gasteiger partial charge in [0.1, 0.15) is 5.75 Å². The number of methoxy groups -OCH3 is 1. The van der Waals surface area contributed by atoms with E-state index in [1.807, 2.05) is 16.8 Å². The molecule has 0 amide bonds. The van der Waals surface area contributed by atoms with Crippen molar-refractivity contribution in [1.82, 2.24) is 20.2 Å². The number of anilines is 1. The molecule has 3 rings (SSSR count). The van der Waals surface area contributed by atoms with Crippen LogP contribution in [0.1, 0.15) is 32.6 Å². The van der Waals surface area contributed by atoms with Crippen molar-refractivity contribution in [1.29, 1.82) is 0 Å². The lowest BCUT2D eigenvalue weighted by atomic mass is 10.0. The molecule has 0 bridgehead atoms. The van der Waals surface area contributed by atoms with Crippen LogP contribution in [0.3, 0.4) is 0 Å². The molecular weight excluding hydrogens is 254 g/mol. The van der Waals surface area contributed by atoms with E-state index in [1.165, 1.54) is 12.8 Å². The minimum Gasteiger partial charge on any atom is -0.497 e. The maximum atomic E-state index is 5.92. The average Bonchev–Trinajstić information content (AvgIpc) is 3.07. The molecule has 106 valence electrons. The SMILES string of the molecule is COc1cc(N)cc(-c2nnnn2C2(C)CCCC2)c1. The van der Waals surface area contributed by atoms with Crippen LogP contribution < -0.4 is 10.5 Å². The van der Waals surface area contributed by atoms with Crippen molar-refractivity contribution in [2.24, 2.45) is 0 Å². The largest absolute Gasteiger partial charge is 0.497 e. The number of hydrogen-bond acceptors (Lipinski definition) is 5. The zero-order valence-corrected chi connectivity index (χ0v) is 11.8. The third-order valence-corrected chi connectivity index (χ3v) is 4.08. The molecule has 0 atom stereocenters. The number of hydrogen-bond donors (Lipinski definition) is 1. The minimum atomic E-state index is -0.00330. The van der Waals surface area contributed by atoms with Gasteiger partial charge in [0.05, 0.1) is 12.6 Å². The van der Waals surface area contributed by atoms with Gasteiger partial charge >= 0.3 is 0 Å². The van der Waals surface area contributed by atoms with Gasteiger partial charge in [-0.2, -0.15) is 0 Å². The molecule has 2 aromatic rings. The third kappa shape index (κ3) is 2.11. The van der Waals surface area contributed by atoms with Crippen molar-refractivity contribution in [3.05, 3.63) is 18.2 Å². The van der Waals surface area contributed by atoms with Crippen molar-refractivity contribution >= 4 is 5.69 Å². The predicted molar refractivity (Wildman–Crippen MR) is 76.3 cm³/mol. The Kier molecular flexibility index (Phi) is 3.08. The first-order valence-electron chi connectivity index (χ1n) is 6.86. The molecule has 1 aliphatic carbocycles. The van der Waals surface area contributed by atoms with Gasteiger partial charge in [-0.1, -0.05) is 12.8 Å². The highest BCUT2D eigenvalue weighted by atomic mass is 16.5. The Morgan fingerprint density at radius 1 is 1.25 bits per heavy atom. The van der Waals surface area contributed by atoms with Crippen molar-refractivity contribution in [2.45, 2.75) is 38.1 Å².